The Hall–Kier alpha value is 0.270. The van der Waals surface area contributed by atoms with E-state index in [4.69, 9.17) is 4.74 Å². The summed E-state index contributed by atoms with van der Waals surface area (Å²) in [5, 5.41) is 10.8. The maximum atomic E-state index is 10.0. The molecule has 2 aliphatic rings. The number of hydrogen-bond acceptors (Lipinski definition) is 3. The molecule has 2 fully saturated rings. The molecule has 1 unspecified atom stereocenters. The molecule has 1 heterocycles. The van der Waals surface area contributed by atoms with E-state index >= 15 is 0 Å². The third-order valence-corrected chi connectivity index (χ3v) is 5.29. The predicted octanol–water partition coefficient (Wildman–Crippen LogP) is 2.84. The van der Waals surface area contributed by atoms with Gasteiger partial charge in [0.1, 0.15) is 0 Å². The second kappa shape index (κ2) is 6.87. The number of hydrogen-bond donors (Lipinski definition) is 1. The van der Waals surface area contributed by atoms with Crippen molar-refractivity contribution in [2.24, 2.45) is 5.92 Å². The Balaban J connectivity index is 1.57. The molecule has 1 aliphatic heterocycles. The van der Waals surface area contributed by atoms with Crippen LogP contribution in [-0.2, 0) is 4.74 Å². The summed E-state index contributed by atoms with van der Waals surface area (Å²) in [6, 6.07) is 0. The lowest BCUT2D eigenvalue weighted by Crippen LogP contribution is -2.22. The Labute approximate surface area is 103 Å². The minimum atomic E-state index is -0.0892. The minimum Gasteiger partial charge on any atom is -0.392 e. The van der Waals surface area contributed by atoms with Crippen LogP contribution in [0.2, 0.25) is 0 Å². The molecular weight excluding hydrogens is 220 g/mol. The molecule has 1 N–H and O–H groups in total. The molecule has 0 radical (unpaired) electrons. The number of thioether (sulfide) groups is 1. The number of aliphatic hydroxyl groups excluding tert-OH is 1. The molecule has 3 heteroatoms. The maximum Gasteiger partial charge on any atom is 0.0633 e. The van der Waals surface area contributed by atoms with Gasteiger partial charge in [-0.15, -0.1) is 0 Å². The van der Waals surface area contributed by atoms with Crippen LogP contribution in [0.1, 0.15) is 44.9 Å². The zero-order chi connectivity index (χ0) is 11.2. The fourth-order valence-electron chi connectivity index (χ4n) is 2.74. The lowest BCUT2D eigenvalue weighted by molar-refractivity contribution is 0.0478. The molecule has 0 bridgehead atoms. The highest BCUT2D eigenvalue weighted by Gasteiger charge is 2.20. The highest BCUT2D eigenvalue weighted by atomic mass is 32.2. The quantitative estimate of drug-likeness (QED) is 0.806. The van der Waals surface area contributed by atoms with E-state index in [1.54, 1.807) is 0 Å². The molecule has 16 heavy (non-hydrogen) atoms. The summed E-state index contributed by atoms with van der Waals surface area (Å²) in [4.78, 5) is 0. The van der Waals surface area contributed by atoms with Crippen LogP contribution in [-0.4, -0.2) is 35.4 Å². The van der Waals surface area contributed by atoms with Crippen molar-refractivity contribution >= 4 is 11.8 Å². The van der Waals surface area contributed by atoms with Crippen molar-refractivity contribution < 1.29 is 9.84 Å². The molecule has 0 aromatic carbocycles. The smallest absolute Gasteiger partial charge is 0.0633 e. The van der Waals surface area contributed by atoms with Gasteiger partial charge in [-0.2, -0.15) is 11.8 Å². The second-order valence-electron chi connectivity index (χ2n) is 5.19. The molecule has 1 atom stereocenters. The monoisotopic (exact) mass is 244 g/mol. The van der Waals surface area contributed by atoms with Gasteiger partial charge < -0.3 is 9.84 Å². The summed E-state index contributed by atoms with van der Waals surface area (Å²) in [7, 11) is 0. The fraction of sp³-hybridized carbons (Fsp3) is 1.00. The average molecular weight is 244 g/mol. The minimum absolute atomic E-state index is 0.0892. The van der Waals surface area contributed by atoms with E-state index in [0.29, 0.717) is 5.92 Å². The largest absolute Gasteiger partial charge is 0.392 e. The lowest BCUT2D eigenvalue weighted by Gasteiger charge is -2.24. The van der Waals surface area contributed by atoms with Gasteiger partial charge in [0.2, 0.25) is 0 Å². The van der Waals surface area contributed by atoms with Crippen LogP contribution in [0.25, 0.3) is 0 Å². The molecule has 0 aromatic rings. The first-order valence-corrected chi connectivity index (χ1v) is 7.77. The zero-order valence-electron chi connectivity index (χ0n) is 10.1. The van der Waals surface area contributed by atoms with Crippen LogP contribution in [0.3, 0.4) is 0 Å². The van der Waals surface area contributed by atoms with Gasteiger partial charge >= 0.3 is 0 Å². The van der Waals surface area contributed by atoms with E-state index < -0.39 is 0 Å². The van der Waals surface area contributed by atoms with Crippen LogP contribution in [0.15, 0.2) is 0 Å². The Morgan fingerprint density at radius 1 is 1.12 bits per heavy atom. The van der Waals surface area contributed by atoms with Crippen LogP contribution in [0.4, 0.5) is 0 Å². The number of rotatable bonds is 5. The molecule has 94 valence electrons. The summed E-state index contributed by atoms with van der Waals surface area (Å²) in [6.45, 7) is 1.79. The van der Waals surface area contributed by atoms with Gasteiger partial charge in [0.15, 0.2) is 0 Å². The van der Waals surface area contributed by atoms with Crippen LogP contribution in [0, 0.1) is 5.92 Å². The third kappa shape index (κ3) is 4.27. The lowest BCUT2D eigenvalue weighted by atomic mass is 9.94. The standard InChI is InChI=1S/C13H24O2S/c14-12(9-11-5-7-15-8-6-11)10-16-13-3-1-2-4-13/h11-14H,1-10H2. The molecule has 1 saturated heterocycles. The summed E-state index contributed by atoms with van der Waals surface area (Å²) in [5.41, 5.74) is 0. The van der Waals surface area contributed by atoms with E-state index in [9.17, 15) is 5.11 Å². The van der Waals surface area contributed by atoms with E-state index in [-0.39, 0.29) is 6.10 Å². The zero-order valence-corrected chi connectivity index (χ0v) is 10.9. The Bertz CT molecular complexity index is 186. The third-order valence-electron chi connectivity index (χ3n) is 3.77. The summed E-state index contributed by atoms with van der Waals surface area (Å²) in [6.07, 6.45) is 8.72. The fourth-order valence-corrected chi connectivity index (χ4v) is 4.03. The maximum absolute atomic E-state index is 10.0. The van der Waals surface area contributed by atoms with Crippen molar-refractivity contribution in [3.05, 3.63) is 0 Å². The molecule has 0 aromatic heterocycles. The van der Waals surface area contributed by atoms with Gasteiger partial charge in [-0.1, -0.05) is 12.8 Å². The van der Waals surface area contributed by atoms with Gasteiger partial charge in [-0.05, 0) is 38.0 Å². The van der Waals surface area contributed by atoms with Crippen molar-refractivity contribution in [2.75, 3.05) is 19.0 Å². The predicted molar refractivity (Wildman–Crippen MR) is 68.9 cm³/mol. The molecule has 0 spiro atoms. The van der Waals surface area contributed by atoms with E-state index in [1.807, 2.05) is 11.8 Å². The highest BCUT2D eigenvalue weighted by molar-refractivity contribution is 7.99. The number of ether oxygens (including phenoxy) is 1. The SMILES string of the molecule is OC(CSC1CCCC1)CC1CCOCC1. The average Bonchev–Trinajstić information content (AvgIpc) is 2.81. The Morgan fingerprint density at radius 2 is 1.81 bits per heavy atom. The van der Waals surface area contributed by atoms with E-state index in [1.165, 1.54) is 25.7 Å². The van der Waals surface area contributed by atoms with Gasteiger partial charge in [-0.25, -0.2) is 0 Å². The molecule has 1 saturated carbocycles. The van der Waals surface area contributed by atoms with Crippen molar-refractivity contribution in [1.82, 2.24) is 0 Å². The normalized spacial score (nSPS) is 26.1. The van der Waals surface area contributed by atoms with Crippen molar-refractivity contribution in [2.45, 2.75) is 56.3 Å². The van der Waals surface area contributed by atoms with Gasteiger partial charge in [0.25, 0.3) is 0 Å². The molecule has 1 aliphatic carbocycles. The summed E-state index contributed by atoms with van der Waals surface area (Å²) < 4.78 is 5.34. The van der Waals surface area contributed by atoms with Crippen LogP contribution < -0.4 is 0 Å². The van der Waals surface area contributed by atoms with Crippen LogP contribution in [0.5, 0.6) is 0 Å². The van der Waals surface area contributed by atoms with Crippen molar-refractivity contribution in [1.29, 1.82) is 0 Å². The molecule has 2 nitrogen and oxygen atoms in total. The first kappa shape index (κ1) is 12.7. The van der Waals surface area contributed by atoms with Gasteiger partial charge in [-0.3, -0.25) is 0 Å². The Morgan fingerprint density at radius 3 is 2.50 bits per heavy atom. The van der Waals surface area contributed by atoms with E-state index in [2.05, 4.69) is 0 Å². The van der Waals surface area contributed by atoms with Crippen molar-refractivity contribution in [3.8, 4) is 0 Å². The van der Waals surface area contributed by atoms with Gasteiger partial charge in [0.05, 0.1) is 6.10 Å². The number of aliphatic hydroxyl groups is 1. The highest BCUT2D eigenvalue weighted by Crippen LogP contribution is 2.31. The van der Waals surface area contributed by atoms with Crippen molar-refractivity contribution in [3.63, 3.8) is 0 Å². The molecular formula is C13H24O2S. The molecule has 2 rings (SSSR count). The van der Waals surface area contributed by atoms with E-state index in [0.717, 1.165) is 43.5 Å². The summed E-state index contributed by atoms with van der Waals surface area (Å²) >= 11 is 2.00. The molecule has 0 amide bonds. The Kier molecular flexibility index (Phi) is 5.46. The van der Waals surface area contributed by atoms with Gasteiger partial charge in [0, 0.05) is 24.2 Å². The summed E-state index contributed by atoms with van der Waals surface area (Å²) in [5.74, 6) is 1.65. The first-order valence-electron chi connectivity index (χ1n) is 6.72. The van der Waals surface area contributed by atoms with Crippen LogP contribution >= 0.6 is 11.8 Å². The second-order valence-corrected chi connectivity index (χ2v) is 6.52. The topological polar surface area (TPSA) is 29.5 Å². The first-order chi connectivity index (χ1) is 7.84.